The maximum atomic E-state index is 9.99. The number of allylic oxidation sites excluding steroid dienone is 3. The molecule has 13 heavy (non-hydrogen) atoms. The lowest BCUT2D eigenvalue weighted by atomic mass is 10.1. The first-order valence-corrected chi connectivity index (χ1v) is 5.13. The molecule has 0 radical (unpaired) electrons. The van der Waals surface area contributed by atoms with Crippen LogP contribution in [0.2, 0.25) is 0 Å². The molecule has 0 aromatic rings. The Morgan fingerprint density at radius 3 is 2.15 bits per heavy atom. The Balaban J connectivity index is 2.95. The normalized spacial score (nSPS) is 10.5. The molecule has 0 rings (SSSR count). The SMILES string of the molecule is C=C/C=C/CCCCCCCC=O. The summed E-state index contributed by atoms with van der Waals surface area (Å²) in [5, 5.41) is 0. The fraction of sp³-hybridized carbons (Fsp3) is 0.583. The third-order valence-electron chi connectivity index (χ3n) is 1.96. The standard InChI is InChI=1S/C12H20O/c1-2-3-4-5-6-7-8-9-10-11-12-13/h2-4,12H,1,5-11H2/b4-3+. The number of unbranched alkanes of at least 4 members (excludes halogenated alkanes) is 6. The van der Waals surface area contributed by atoms with E-state index in [4.69, 9.17) is 0 Å². The molecule has 0 bridgehead atoms. The van der Waals surface area contributed by atoms with E-state index >= 15 is 0 Å². The summed E-state index contributed by atoms with van der Waals surface area (Å²) in [5.41, 5.74) is 0. The van der Waals surface area contributed by atoms with Gasteiger partial charge in [-0.25, -0.2) is 0 Å². The Labute approximate surface area is 81.5 Å². The fourth-order valence-corrected chi connectivity index (χ4v) is 1.21. The zero-order valence-corrected chi connectivity index (χ0v) is 8.37. The summed E-state index contributed by atoms with van der Waals surface area (Å²) in [6.07, 6.45) is 14.9. The molecule has 74 valence electrons. The molecule has 1 nitrogen and oxygen atoms in total. The smallest absolute Gasteiger partial charge is 0.119 e. The molecule has 0 amide bonds. The first-order chi connectivity index (χ1) is 6.41. The van der Waals surface area contributed by atoms with E-state index in [1.165, 1.54) is 25.7 Å². The summed E-state index contributed by atoms with van der Waals surface area (Å²) < 4.78 is 0. The van der Waals surface area contributed by atoms with Crippen molar-refractivity contribution in [2.75, 3.05) is 0 Å². The molecule has 0 saturated heterocycles. The van der Waals surface area contributed by atoms with Crippen LogP contribution in [0.1, 0.15) is 44.9 Å². The van der Waals surface area contributed by atoms with E-state index in [1.54, 1.807) is 0 Å². The third-order valence-corrected chi connectivity index (χ3v) is 1.96. The zero-order chi connectivity index (χ0) is 9.78. The predicted octanol–water partition coefficient (Wildman–Crippen LogP) is 3.66. The molecule has 0 aliphatic rings. The molecule has 0 heterocycles. The van der Waals surface area contributed by atoms with E-state index in [9.17, 15) is 4.79 Å². The van der Waals surface area contributed by atoms with Gasteiger partial charge in [0.2, 0.25) is 0 Å². The molecule has 0 fully saturated rings. The minimum Gasteiger partial charge on any atom is -0.303 e. The van der Waals surface area contributed by atoms with Gasteiger partial charge in [-0.05, 0) is 19.3 Å². The monoisotopic (exact) mass is 180 g/mol. The van der Waals surface area contributed by atoms with Crippen LogP contribution in [0.15, 0.2) is 24.8 Å². The van der Waals surface area contributed by atoms with E-state index in [0.717, 1.165) is 25.5 Å². The molecule has 0 aromatic carbocycles. The highest BCUT2D eigenvalue weighted by atomic mass is 16.1. The molecule has 1 heteroatoms. The average molecular weight is 180 g/mol. The van der Waals surface area contributed by atoms with Gasteiger partial charge in [0.1, 0.15) is 6.29 Å². The van der Waals surface area contributed by atoms with Crippen LogP contribution >= 0.6 is 0 Å². The van der Waals surface area contributed by atoms with Crippen molar-refractivity contribution < 1.29 is 4.79 Å². The Morgan fingerprint density at radius 1 is 0.923 bits per heavy atom. The molecular formula is C12H20O. The lowest BCUT2D eigenvalue weighted by molar-refractivity contribution is -0.107. The predicted molar refractivity (Wildman–Crippen MR) is 57.7 cm³/mol. The van der Waals surface area contributed by atoms with Crippen LogP contribution in [-0.2, 0) is 4.79 Å². The maximum Gasteiger partial charge on any atom is 0.119 e. The number of carbonyl (C=O) groups excluding carboxylic acids is 1. The van der Waals surface area contributed by atoms with Crippen molar-refractivity contribution in [2.45, 2.75) is 44.9 Å². The summed E-state index contributed by atoms with van der Waals surface area (Å²) in [6.45, 7) is 3.61. The van der Waals surface area contributed by atoms with E-state index in [1.807, 2.05) is 12.2 Å². The minimum atomic E-state index is 0.733. The first-order valence-electron chi connectivity index (χ1n) is 5.13. The molecular weight excluding hydrogens is 160 g/mol. The zero-order valence-electron chi connectivity index (χ0n) is 8.37. The van der Waals surface area contributed by atoms with Gasteiger partial charge in [-0.3, -0.25) is 0 Å². The van der Waals surface area contributed by atoms with E-state index in [2.05, 4.69) is 12.7 Å². The first kappa shape index (κ1) is 12.2. The van der Waals surface area contributed by atoms with Crippen LogP contribution in [0.3, 0.4) is 0 Å². The van der Waals surface area contributed by atoms with Crippen molar-refractivity contribution in [2.24, 2.45) is 0 Å². The number of aldehydes is 1. The van der Waals surface area contributed by atoms with Crippen molar-refractivity contribution in [1.29, 1.82) is 0 Å². The summed E-state index contributed by atoms with van der Waals surface area (Å²) in [5.74, 6) is 0. The number of hydrogen-bond acceptors (Lipinski definition) is 1. The number of hydrogen-bond donors (Lipinski definition) is 0. The van der Waals surface area contributed by atoms with Crippen LogP contribution in [0.5, 0.6) is 0 Å². The Hall–Kier alpha value is -0.850. The van der Waals surface area contributed by atoms with Crippen LogP contribution in [0.4, 0.5) is 0 Å². The van der Waals surface area contributed by atoms with Gasteiger partial charge in [-0.1, -0.05) is 44.1 Å². The van der Waals surface area contributed by atoms with Gasteiger partial charge < -0.3 is 4.79 Å². The maximum absolute atomic E-state index is 9.99. The average Bonchev–Trinajstić information content (AvgIpc) is 2.16. The summed E-state index contributed by atoms with van der Waals surface area (Å²) in [6, 6.07) is 0. The van der Waals surface area contributed by atoms with E-state index in [-0.39, 0.29) is 0 Å². The molecule has 0 aliphatic heterocycles. The Bertz CT molecular complexity index is 147. The highest BCUT2D eigenvalue weighted by Crippen LogP contribution is 2.06. The molecule has 0 spiro atoms. The third kappa shape index (κ3) is 11.1. The molecule has 0 aromatic heterocycles. The van der Waals surface area contributed by atoms with E-state index in [0.29, 0.717) is 0 Å². The van der Waals surface area contributed by atoms with Gasteiger partial charge in [-0.2, -0.15) is 0 Å². The molecule has 0 atom stereocenters. The second-order valence-electron chi connectivity index (χ2n) is 3.18. The van der Waals surface area contributed by atoms with E-state index < -0.39 is 0 Å². The highest BCUT2D eigenvalue weighted by Gasteiger charge is 1.88. The van der Waals surface area contributed by atoms with Crippen molar-refractivity contribution in [1.82, 2.24) is 0 Å². The fourth-order valence-electron chi connectivity index (χ4n) is 1.21. The summed E-state index contributed by atoms with van der Waals surface area (Å²) >= 11 is 0. The van der Waals surface area contributed by atoms with Gasteiger partial charge >= 0.3 is 0 Å². The topological polar surface area (TPSA) is 17.1 Å². The van der Waals surface area contributed by atoms with Crippen molar-refractivity contribution >= 4 is 6.29 Å². The van der Waals surface area contributed by atoms with Crippen molar-refractivity contribution in [3.05, 3.63) is 24.8 Å². The molecule has 0 aliphatic carbocycles. The van der Waals surface area contributed by atoms with Gasteiger partial charge in [0.05, 0.1) is 0 Å². The largest absolute Gasteiger partial charge is 0.303 e. The molecule has 0 N–H and O–H groups in total. The lowest BCUT2D eigenvalue weighted by Gasteiger charge is -1.96. The van der Waals surface area contributed by atoms with Crippen LogP contribution in [-0.4, -0.2) is 6.29 Å². The van der Waals surface area contributed by atoms with Crippen LogP contribution in [0.25, 0.3) is 0 Å². The number of rotatable bonds is 9. The molecule has 0 unspecified atom stereocenters. The van der Waals surface area contributed by atoms with Gasteiger partial charge in [0.15, 0.2) is 0 Å². The van der Waals surface area contributed by atoms with Gasteiger partial charge in [-0.15, -0.1) is 0 Å². The van der Waals surface area contributed by atoms with Gasteiger partial charge in [0, 0.05) is 6.42 Å². The second-order valence-corrected chi connectivity index (χ2v) is 3.18. The van der Waals surface area contributed by atoms with Crippen molar-refractivity contribution in [3.63, 3.8) is 0 Å². The number of carbonyl (C=O) groups is 1. The summed E-state index contributed by atoms with van der Waals surface area (Å²) in [7, 11) is 0. The lowest BCUT2D eigenvalue weighted by Crippen LogP contribution is -1.79. The molecule has 0 saturated carbocycles. The summed E-state index contributed by atoms with van der Waals surface area (Å²) in [4.78, 5) is 9.99. The highest BCUT2D eigenvalue weighted by molar-refractivity contribution is 5.48. The van der Waals surface area contributed by atoms with Crippen LogP contribution < -0.4 is 0 Å². The van der Waals surface area contributed by atoms with Crippen LogP contribution in [0, 0.1) is 0 Å². The quantitative estimate of drug-likeness (QED) is 0.300. The van der Waals surface area contributed by atoms with Crippen molar-refractivity contribution in [3.8, 4) is 0 Å². The Kier molecular flexibility index (Phi) is 10.4. The Morgan fingerprint density at radius 2 is 1.54 bits per heavy atom. The minimum absolute atomic E-state index is 0.733. The second kappa shape index (κ2) is 11.2. The van der Waals surface area contributed by atoms with Gasteiger partial charge in [0.25, 0.3) is 0 Å².